The molecule has 0 bridgehead atoms. The van der Waals surface area contributed by atoms with E-state index >= 15 is 0 Å². The van der Waals surface area contributed by atoms with E-state index in [9.17, 15) is 4.79 Å². The summed E-state index contributed by atoms with van der Waals surface area (Å²) in [6, 6.07) is 9.30. The van der Waals surface area contributed by atoms with Gasteiger partial charge in [0, 0.05) is 19.3 Å². The summed E-state index contributed by atoms with van der Waals surface area (Å²) in [4.78, 5) is 11.5. The Morgan fingerprint density at radius 1 is 1.44 bits per heavy atom. The third kappa shape index (κ3) is 5.11. The van der Waals surface area contributed by atoms with Crippen LogP contribution in [0.2, 0.25) is 0 Å². The monoisotopic (exact) mass is 244 g/mol. The molecule has 0 heterocycles. The Balaban J connectivity index is 0.00000225. The van der Waals surface area contributed by atoms with Crippen molar-refractivity contribution in [3.8, 4) is 0 Å². The Bertz CT molecular complexity index is 302. The van der Waals surface area contributed by atoms with Crippen LogP contribution in [0.25, 0.3) is 0 Å². The van der Waals surface area contributed by atoms with Crippen molar-refractivity contribution < 1.29 is 9.53 Å². The van der Waals surface area contributed by atoms with E-state index in [2.05, 4.69) is 5.32 Å². The second kappa shape index (κ2) is 8.10. The van der Waals surface area contributed by atoms with Gasteiger partial charge >= 0.3 is 0 Å². The van der Waals surface area contributed by atoms with E-state index in [1.807, 2.05) is 30.3 Å². The Labute approximate surface area is 102 Å². The van der Waals surface area contributed by atoms with Crippen molar-refractivity contribution in [2.45, 2.75) is 12.5 Å². The van der Waals surface area contributed by atoms with Crippen molar-refractivity contribution >= 4 is 24.0 Å². The summed E-state index contributed by atoms with van der Waals surface area (Å²) < 4.78 is 5.02. The third-order valence-corrected chi connectivity index (χ3v) is 2.07. The summed E-state index contributed by atoms with van der Waals surface area (Å²) in [7, 11) is 1.55. The van der Waals surface area contributed by atoms with Gasteiger partial charge in [0.2, 0.25) is 5.91 Å². The van der Waals surface area contributed by atoms with E-state index in [1.165, 1.54) is 0 Å². The van der Waals surface area contributed by atoms with Gasteiger partial charge in [-0.2, -0.15) is 0 Å². The molecule has 0 radical (unpaired) electrons. The summed E-state index contributed by atoms with van der Waals surface area (Å²) >= 11 is 0. The molecule has 1 aromatic rings. The fourth-order valence-corrected chi connectivity index (χ4v) is 1.20. The molecule has 0 aliphatic carbocycles. The highest BCUT2D eigenvalue weighted by atomic mass is 35.5. The van der Waals surface area contributed by atoms with E-state index in [0.29, 0.717) is 6.54 Å². The molecule has 0 saturated carbocycles. The van der Waals surface area contributed by atoms with E-state index in [4.69, 9.17) is 10.5 Å². The molecular formula is C11H17ClN2O2. The Hall–Kier alpha value is -1.10. The van der Waals surface area contributed by atoms with Crippen LogP contribution in [-0.2, 0) is 9.53 Å². The number of halogens is 1. The maximum Gasteiger partial charge on any atom is 0.227 e. The summed E-state index contributed by atoms with van der Waals surface area (Å²) in [5, 5.41) is 2.77. The van der Waals surface area contributed by atoms with Gasteiger partial charge in [-0.1, -0.05) is 18.2 Å². The van der Waals surface area contributed by atoms with Gasteiger partial charge in [-0.15, -0.1) is 12.4 Å². The average molecular weight is 245 g/mol. The zero-order valence-corrected chi connectivity index (χ0v) is 10.00. The lowest BCUT2D eigenvalue weighted by Gasteiger charge is -2.12. The summed E-state index contributed by atoms with van der Waals surface area (Å²) in [5.41, 5.74) is 6.21. The van der Waals surface area contributed by atoms with Crippen molar-refractivity contribution in [1.29, 1.82) is 0 Å². The van der Waals surface area contributed by atoms with Crippen molar-refractivity contribution in [3.63, 3.8) is 0 Å². The largest absolute Gasteiger partial charge is 0.380 e. The predicted molar refractivity (Wildman–Crippen MR) is 66.8 cm³/mol. The zero-order chi connectivity index (χ0) is 11.1. The summed E-state index contributed by atoms with van der Waals surface area (Å²) in [6.07, 6.45) is 0.0655. The van der Waals surface area contributed by atoms with Crippen molar-refractivity contribution in [3.05, 3.63) is 30.3 Å². The molecule has 0 aromatic heterocycles. The van der Waals surface area contributed by atoms with Crippen LogP contribution in [0.1, 0.15) is 6.42 Å². The highest BCUT2D eigenvalue weighted by molar-refractivity contribution is 5.90. The third-order valence-electron chi connectivity index (χ3n) is 2.07. The van der Waals surface area contributed by atoms with E-state index in [1.54, 1.807) is 7.11 Å². The number of nitrogens with one attached hydrogen (secondary N) is 1. The number of para-hydroxylation sites is 1. The van der Waals surface area contributed by atoms with Gasteiger partial charge in [0.05, 0.1) is 12.5 Å². The molecule has 0 spiro atoms. The van der Waals surface area contributed by atoms with Crippen LogP contribution in [-0.4, -0.2) is 25.7 Å². The van der Waals surface area contributed by atoms with Gasteiger partial charge in [0.15, 0.2) is 0 Å². The maximum absolute atomic E-state index is 11.5. The minimum Gasteiger partial charge on any atom is -0.380 e. The number of methoxy groups -OCH3 is 1. The zero-order valence-electron chi connectivity index (χ0n) is 9.18. The molecular weight excluding hydrogens is 228 g/mol. The number of hydrogen-bond donors (Lipinski definition) is 2. The van der Waals surface area contributed by atoms with Gasteiger partial charge in [0.1, 0.15) is 0 Å². The molecule has 0 aliphatic rings. The van der Waals surface area contributed by atoms with Gasteiger partial charge in [0.25, 0.3) is 0 Å². The van der Waals surface area contributed by atoms with Crippen molar-refractivity contribution in [2.75, 3.05) is 19.0 Å². The molecule has 16 heavy (non-hydrogen) atoms. The van der Waals surface area contributed by atoms with E-state index < -0.39 is 0 Å². The highest BCUT2D eigenvalue weighted by Gasteiger charge is 2.10. The number of nitrogens with two attached hydrogens (primary N) is 1. The van der Waals surface area contributed by atoms with Gasteiger partial charge < -0.3 is 15.8 Å². The lowest BCUT2D eigenvalue weighted by Crippen LogP contribution is -2.28. The fraction of sp³-hybridized carbons (Fsp3) is 0.364. The molecule has 5 heteroatoms. The standard InChI is InChI=1S/C11H16N2O2.ClH/c1-15-10(8-12)7-11(14)13-9-5-3-2-4-6-9;/h2-6,10H,7-8,12H2,1H3,(H,13,14);1H. The Kier molecular flexibility index (Phi) is 7.54. The molecule has 1 unspecified atom stereocenters. The second-order valence-corrected chi connectivity index (χ2v) is 3.21. The van der Waals surface area contributed by atoms with Crippen LogP contribution >= 0.6 is 12.4 Å². The molecule has 1 atom stereocenters. The maximum atomic E-state index is 11.5. The molecule has 1 aromatic carbocycles. The minimum absolute atomic E-state index is 0. The fourth-order valence-electron chi connectivity index (χ4n) is 1.20. The Morgan fingerprint density at radius 2 is 2.06 bits per heavy atom. The van der Waals surface area contributed by atoms with Crippen LogP contribution < -0.4 is 11.1 Å². The van der Waals surface area contributed by atoms with Crippen LogP contribution in [0.15, 0.2) is 30.3 Å². The summed E-state index contributed by atoms with van der Waals surface area (Å²) in [5.74, 6) is -0.0847. The smallest absolute Gasteiger partial charge is 0.227 e. The summed E-state index contributed by atoms with van der Waals surface area (Å²) in [6.45, 7) is 0.346. The number of rotatable bonds is 5. The molecule has 1 amide bonds. The first-order valence-corrected chi connectivity index (χ1v) is 4.84. The molecule has 0 fully saturated rings. The van der Waals surface area contributed by atoms with Crippen LogP contribution in [0.3, 0.4) is 0 Å². The molecule has 3 N–H and O–H groups in total. The number of ether oxygens (including phenoxy) is 1. The second-order valence-electron chi connectivity index (χ2n) is 3.21. The lowest BCUT2D eigenvalue weighted by atomic mass is 10.2. The predicted octanol–water partition coefficient (Wildman–Crippen LogP) is 1.41. The van der Waals surface area contributed by atoms with E-state index in [0.717, 1.165) is 5.69 Å². The number of benzene rings is 1. The topological polar surface area (TPSA) is 64.3 Å². The molecule has 4 nitrogen and oxygen atoms in total. The van der Waals surface area contributed by atoms with Crippen molar-refractivity contribution in [2.24, 2.45) is 5.73 Å². The molecule has 1 rings (SSSR count). The number of carbonyl (C=O) groups excluding carboxylic acids is 1. The van der Waals surface area contributed by atoms with Crippen molar-refractivity contribution in [1.82, 2.24) is 0 Å². The number of carbonyl (C=O) groups is 1. The average Bonchev–Trinajstić information content (AvgIpc) is 2.27. The van der Waals surface area contributed by atoms with Crippen LogP contribution in [0.5, 0.6) is 0 Å². The van der Waals surface area contributed by atoms with Gasteiger partial charge in [-0.25, -0.2) is 0 Å². The molecule has 90 valence electrons. The first-order valence-electron chi connectivity index (χ1n) is 4.84. The number of hydrogen-bond acceptors (Lipinski definition) is 3. The molecule has 0 aliphatic heterocycles. The Morgan fingerprint density at radius 3 is 2.56 bits per heavy atom. The number of amides is 1. The molecule has 0 saturated heterocycles. The first kappa shape index (κ1) is 14.9. The van der Waals surface area contributed by atoms with Gasteiger partial charge in [-0.3, -0.25) is 4.79 Å². The lowest BCUT2D eigenvalue weighted by molar-refractivity contribution is -0.118. The van der Waals surface area contributed by atoms with Crippen LogP contribution in [0, 0.1) is 0 Å². The quantitative estimate of drug-likeness (QED) is 0.823. The number of anilines is 1. The highest BCUT2D eigenvalue weighted by Crippen LogP contribution is 2.06. The normalized spacial score (nSPS) is 11.4. The SMILES string of the molecule is COC(CN)CC(=O)Nc1ccccc1.Cl. The first-order chi connectivity index (χ1) is 7.26. The van der Waals surface area contributed by atoms with E-state index in [-0.39, 0.29) is 30.8 Å². The van der Waals surface area contributed by atoms with Crippen LogP contribution in [0.4, 0.5) is 5.69 Å². The minimum atomic E-state index is -0.214. The van der Waals surface area contributed by atoms with Gasteiger partial charge in [-0.05, 0) is 12.1 Å².